The van der Waals surface area contributed by atoms with Crippen LogP contribution in [0.4, 0.5) is 31.2 Å². The fraction of sp³-hybridized carbons (Fsp3) is 0.462. The van der Waals surface area contributed by atoms with Gasteiger partial charge in [-0.15, -0.1) is 4.98 Å². The van der Waals surface area contributed by atoms with Crippen molar-refractivity contribution in [2.45, 2.75) is 69.9 Å². The van der Waals surface area contributed by atoms with Crippen molar-refractivity contribution in [1.29, 1.82) is 5.26 Å². The van der Waals surface area contributed by atoms with Gasteiger partial charge in [-0.05, 0) is 43.7 Å². The van der Waals surface area contributed by atoms with Gasteiger partial charge < -0.3 is 15.5 Å². The van der Waals surface area contributed by atoms with Gasteiger partial charge in [-0.25, -0.2) is 18.6 Å². The fourth-order valence-corrected chi connectivity index (χ4v) is 7.91. The van der Waals surface area contributed by atoms with Crippen LogP contribution in [-0.2, 0) is 13.6 Å². The third-order valence-electron chi connectivity index (χ3n) is 10.7. The molecule has 1 aliphatic carbocycles. The van der Waals surface area contributed by atoms with E-state index in [2.05, 4.69) is 39.0 Å². The molecular weight excluding hydrogens is 677 g/mol. The Hall–Kier alpha value is -5.29. The molecule has 3 N–H and O–H groups in total. The molecular formula is C39H46F2N11O+. The molecule has 53 heavy (non-hydrogen) atoms. The number of carbonyl (C=O) groups is 1. The number of nitrogens with one attached hydrogen (secondary N) is 3. The smallest absolute Gasteiger partial charge is 0.355 e. The average molecular weight is 723 g/mol. The lowest BCUT2D eigenvalue weighted by molar-refractivity contribution is -0.337. The van der Waals surface area contributed by atoms with Gasteiger partial charge in [0.25, 0.3) is 11.7 Å². The molecule has 1 saturated carbocycles. The number of piperidine rings is 1. The van der Waals surface area contributed by atoms with Crippen LogP contribution in [-0.4, -0.2) is 78.7 Å². The van der Waals surface area contributed by atoms with E-state index in [9.17, 15) is 18.8 Å². The molecule has 3 fully saturated rings. The number of urea groups is 1. The first-order valence-electron chi connectivity index (χ1n) is 18.5. The summed E-state index contributed by atoms with van der Waals surface area (Å²) in [6, 6.07) is 15.7. The Morgan fingerprint density at radius 3 is 2.51 bits per heavy atom. The summed E-state index contributed by atoms with van der Waals surface area (Å²) in [4.78, 5) is 29.8. The highest BCUT2D eigenvalue weighted by Crippen LogP contribution is 2.44. The second-order valence-electron chi connectivity index (χ2n) is 14.5. The lowest BCUT2D eigenvalue weighted by Crippen LogP contribution is -2.50. The van der Waals surface area contributed by atoms with Crippen molar-refractivity contribution in [2.75, 3.05) is 36.4 Å². The molecule has 12 nitrogen and oxygen atoms in total. The molecule has 2 atom stereocenters. The van der Waals surface area contributed by atoms with Crippen LogP contribution in [0.25, 0.3) is 11.1 Å². The summed E-state index contributed by atoms with van der Waals surface area (Å²) in [6.45, 7) is 3.95. The fourth-order valence-electron chi connectivity index (χ4n) is 7.91. The average Bonchev–Trinajstić information content (AvgIpc) is 3.46. The van der Waals surface area contributed by atoms with E-state index in [1.165, 1.54) is 6.20 Å². The molecule has 1 spiro atoms. The molecule has 4 aromatic rings. The summed E-state index contributed by atoms with van der Waals surface area (Å²) >= 11 is 0. The summed E-state index contributed by atoms with van der Waals surface area (Å²) in [5.74, 6) is -0.665. The molecule has 14 heteroatoms. The topological polar surface area (TPSA) is 140 Å². The van der Waals surface area contributed by atoms with E-state index in [1.807, 2.05) is 60.6 Å². The highest BCUT2D eigenvalue weighted by atomic mass is 19.3. The molecule has 2 saturated heterocycles. The van der Waals surface area contributed by atoms with Gasteiger partial charge in [0.05, 0.1) is 31.2 Å². The van der Waals surface area contributed by atoms with Crippen molar-refractivity contribution in [1.82, 2.24) is 35.4 Å². The summed E-state index contributed by atoms with van der Waals surface area (Å²) in [5.41, 5.74) is 3.77. The Balaban J connectivity index is 1.03. The second-order valence-corrected chi connectivity index (χ2v) is 14.5. The van der Waals surface area contributed by atoms with Crippen LogP contribution in [0.15, 0.2) is 67.3 Å². The second kappa shape index (κ2) is 15.4. The van der Waals surface area contributed by atoms with E-state index in [-0.39, 0.29) is 30.8 Å². The van der Waals surface area contributed by atoms with Gasteiger partial charge in [0.2, 0.25) is 5.95 Å². The molecule has 2 amide bonds. The highest BCUT2D eigenvalue weighted by molar-refractivity contribution is 6.03. The number of pyridine rings is 1. The van der Waals surface area contributed by atoms with E-state index in [0.717, 1.165) is 48.1 Å². The Morgan fingerprint density at radius 1 is 1.06 bits per heavy atom. The van der Waals surface area contributed by atoms with Gasteiger partial charge in [-0.3, -0.25) is 10.00 Å². The minimum absolute atomic E-state index is 0.153. The van der Waals surface area contributed by atoms with Crippen LogP contribution in [0.2, 0.25) is 0 Å². The van der Waals surface area contributed by atoms with Crippen LogP contribution in [0.1, 0.15) is 63.0 Å². The number of rotatable bonds is 12. The summed E-state index contributed by atoms with van der Waals surface area (Å²) in [6.07, 6.45) is 11.6. The van der Waals surface area contributed by atoms with E-state index >= 15 is 0 Å². The third-order valence-corrected chi connectivity index (χ3v) is 10.7. The number of hydrogen-bond donors (Lipinski definition) is 3. The first-order chi connectivity index (χ1) is 25.7. The molecule has 5 heterocycles. The number of anilines is 2. The standard InChI is InChI=1S/C39H45F2N11O/c1-3-8-31-32(11-7-16-43-36-45-22-29(19-42)35(49-36)51-17-14-38(15-18-51)25-39(40,41)26-47-38)34(31)52(37(53)46-20-27-9-5-4-6-10-27)33-13-12-28(21-44-33)30-23-48-50(2)24-30/h4-6,9-10,12-13,21-24,31-32,47H,3,7-8,11,14-18,20,25-26H2,1-2H3,(H-,43,45,46,49,53)/p+1/b52-34-. The predicted molar refractivity (Wildman–Crippen MR) is 198 cm³/mol. The quantitative estimate of drug-likeness (QED) is 0.118. The molecule has 7 rings (SSSR count). The minimum atomic E-state index is -2.68. The Morgan fingerprint density at radius 2 is 1.85 bits per heavy atom. The molecule has 276 valence electrons. The number of aromatic nitrogens is 5. The zero-order valence-corrected chi connectivity index (χ0v) is 30.2. The highest BCUT2D eigenvalue weighted by Gasteiger charge is 2.51. The zero-order valence-electron chi connectivity index (χ0n) is 30.2. The van der Waals surface area contributed by atoms with E-state index in [1.54, 1.807) is 21.7 Å². The largest absolute Gasteiger partial charge is 0.441 e. The van der Waals surface area contributed by atoms with Crippen molar-refractivity contribution in [3.8, 4) is 17.2 Å². The number of alkyl halides is 2. The molecule has 0 bridgehead atoms. The summed E-state index contributed by atoms with van der Waals surface area (Å²) < 4.78 is 31.5. The van der Waals surface area contributed by atoms with Crippen molar-refractivity contribution in [2.24, 2.45) is 18.9 Å². The Labute approximate surface area is 308 Å². The number of hydrogen-bond acceptors (Lipinski definition) is 9. The van der Waals surface area contributed by atoms with Gasteiger partial charge in [-0.1, -0.05) is 43.7 Å². The van der Waals surface area contributed by atoms with Gasteiger partial charge in [0.1, 0.15) is 17.8 Å². The number of benzene rings is 1. The number of nitriles is 1. The number of amides is 2. The monoisotopic (exact) mass is 722 g/mol. The maximum atomic E-state index is 14.0. The minimum Gasteiger partial charge on any atom is -0.355 e. The van der Waals surface area contributed by atoms with Crippen LogP contribution in [0, 0.1) is 23.2 Å². The van der Waals surface area contributed by atoms with Crippen molar-refractivity contribution < 1.29 is 18.2 Å². The molecule has 0 radical (unpaired) electrons. The summed E-state index contributed by atoms with van der Waals surface area (Å²) in [7, 11) is 1.87. The molecule has 3 aromatic heterocycles. The first-order valence-corrected chi connectivity index (χ1v) is 18.5. The van der Waals surface area contributed by atoms with Gasteiger partial charge in [0, 0.05) is 73.9 Å². The van der Waals surface area contributed by atoms with Crippen molar-refractivity contribution >= 4 is 29.3 Å². The molecule has 2 aliphatic heterocycles. The number of halogens is 2. The zero-order chi connectivity index (χ0) is 37.0. The maximum absolute atomic E-state index is 14.0. The first kappa shape index (κ1) is 36.1. The number of aryl methyl sites for hydroxylation is 1. The van der Waals surface area contributed by atoms with Crippen LogP contribution >= 0.6 is 0 Å². The van der Waals surface area contributed by atoms with Crippen LogP contribution in [0.5, 0.6) is 0 Å². The lowest BCUT2D eigenvalue weighted by atomic mass is 9.85. The van der Waals surface area contributed by atoms with Gasteiger partial charge in [0.15, 0.2) is 5.82 Å². The van der Waals surface area contributed by atoms with Gasteiger partial charge in [-0.2, -0.15) is 19.9 Å². The molecule has 1 aromatic carbocycles. The number of carbonyl (C=O) groups excluding carboxylic acids is 1. The summed E-state index contributed by atoms with van der Waals surface area (Å²) in [5, 5.41) is 23.6. The van der Waals surface area contributed by atoms with Crippen LogP contribution < -0.4 is 20.9 Å². The van der Waals surface area contributed by atoms with Crippen molar-refractivity contribution in [3.63, 3.8) is 0 Å². The maximum Gasteiger partial charge on any atom is 0.441 e. The van der Waals surface area contributed by atoms with E-state index in [4.69, 9.17) is 9.97 Å². The Bertz CT molecular complexity index is 1980. The van der Waals surface area contributed by atoms with Crippen molar-refractivity contribution in [3.05, 3.63) is 78.4 Å². The van der Waals surface area contributed by atoms with Crippen LogP contribution in [0.3, 0.4) is 0 Å². The van der Waals surface area contributed by atoms with Gasteiger partial charge >= 0.3 is 6.03 Å². The number of nitrogens with zero attached hydrogens (tertiary/aromatic N) is 8. The molecule has 2 unspecified atom stereocenters. The SMILES string of the molecule is CCCC1/C(=[N+](/C(=O)NCc2ccccc2)c2ccc(-c3cnn(C)c3)cn2)C1CCCNc1ncc(C#N)c(N2CCC3(CC2)CC(F)(F)CN3)n1. The van der Waals surface area contributed by atoms with E-state index in [0.29, 0.717) is 62.2 Å². The Kier molecular flexibility index (Phi) is 10.5. The van der Waals surface area contributed by atoms with E-state index < -0.39 is 11.5 Å². The third kappa shape index (κ3) is 8.20. The predicted octanol–water partition coefficient (Wildman–Crippen LogP) is 6.04. The lowest BCUT2D eigenvalue weighted by Gasteiger charge is -2.40. The molecule has 3 aliphatic rings. The normalized spacial score (nSPS) is 20.9.